The van der Waals surface area contributed by atoms with Crippen LogP contribution in [0.15, 0.2) is 30.3 Å². The first kappa shape index (κ1) is 12.7. The number of nitrogens with zero attached hydrogens (tertiary/aromatic N) is 3. The van der Waals surface area contributed by atoms with Crippen molar-refractivity contribution >= 4 is 33.3 Å². The van der Waals surface area contributed by atoms with Crippen molar-refractivity contribution in [3.8, 4) is 0 Å². The molecule has 0 saturated carbocycles. The molecule has 0 fully saturated rings. The SMILES string of the molecule is Cc1nc(NC(=O)c2cc3ccccc3nn2)sc1C. The Morgan fingerprint density at radius 2 is 2.00 bits per heavy atom. The molecule has 0 unspecified atom stereocenters. The van der Waals surface area contributed by atoms with Crippen molar-refractivity contribution in [3.63, 3.8) is 0 Å². The number of rotatable bonds is 2. The number of aromatic nitrogens is 3. The average molecular weight is 284 g/mol. The summed E-state index contributed by atoms with van der Waals surface area (Å²) in [5.74, 6) is -0.294. The topological polar surface area (TPSA) is 67.8 Å². The molecule has 6 heteroatoms. The highest BCUT2D eigenvalue weighted by atomic mass is 32.1. The number of carbonyl (C=O) groups is 1. The molecule has 1 N–H and O–H groups in total. The Bertz CT molecular complexity index is 777. The molecule has 0 bridgehead atoms. The zero-order valence-electron chi connectivity index (χ0n) is 11.0. The maximum atomic E-state index is 12.1. The number of benzene rings is 1. The van der Waals surface area contributed by atoms with Crippen LogP contribution in [0, 0.1) is 13.8 Å². The van der Waals surface area contributed by atoms with Crippen molar-refractivity contribution in [2.24, 2.45) is 0 Å². The first-order valence-corrected chi connectivity index (χ1v) is 6.93. The zero-order chi connectivity index (χ0) is 14.1. The summed E-state index contributed by atoms with van der Waals surface area (Å²) in [5, 5.41) is 12.2. The molecule has 5 nitrogen and oxygen atoms in total. The van der Waals surface area contributed by atoms with E-state index >= 15 is 0 Å². The Morgan fingerprint density at radius 1 is 1.20 bits per heavy atom. The highest BCUT2D eigenvalue weighted by Gasteiger charge is 2.12. The normalized spacial score (nSPS) is 10.7. The number of aryl methyl sites for hydroxylation is 2. The number of carbonyl (C=O) groups excluding carboxylic acids is 1. The Kier molecular flexibility index (Phi) is 3.15. The summed E-state index contributed by atoms with van der Waals surface area (Å²) >= 11 is 1.45. The smallest absolute Gasteiger partial charge is 0.277 e. The van der Waals surface area contributed by atoms with Gasteiger partial charge in [-0.15, -0.1) is 21.5 Å². The van der Waals surface area contributed by atoms with Crippen LogP contribution in [-0.4, -0.2) is 21.1 Å². The molecule has 0 spiro atoms. The van der Waals surface area contributed by atoms with Gasteiger partial charge in [0.05, 0.1) is 11.2 Å². The summed E-state index contributed by atoms with van der Waals surface area (Å²) in [4.78, 5) is 17.5. The van der Waals surface area contributed by atoms with E-state index in [1.807, 2.05) is 38.1 Å². The number of thiazole rings is 1. The summed E-state index contributed by atoms with van der Waals surface area (Å²) in [5.41, 5.74) is 1.98. The summed E-state index contributed by atoms with van der Waals surface area (Å²) < 4.78 is 0. The second-order valence-electron chi connectivity index (χ2n) is 4.40. The van der Waals surface area contributed by atoms with Gasteiger partial charge < -0.3 is 0 Å². The predicted octanol–water partition coefficient (Wildman–Crippen LogP) is 2.96. The lowest BCUT2D eigenvalue weighted by atomic mass is 10.2. The van der Waals surface area contributed by atoms with E-state index in [1.165, 1.54) is 11.3 Å². The van der Waals surface area contributed by atoms with E-state index in [1.54, 1.807) is 6.07 Å². The maximum Gasteiger partial charge on any atom is 0.277 e. The molecule has 0 radical (unpaired) electrons. The van der Waals surface area contributed by atoms with Crippen molar-refractivity contribution in [2.75, 3.05) is 5.32 Å². The number of anilines is 1. The molecule has 2 heterocycles. The minimum Gasteiger partial charge on any atom is -0.296 e. The van der Waals surface area contributed by atoms with Crippen LogP contribution in [0.3, 0.4) is 0 Å². The van der Waals surface area contributed by atoms with E-state index in [9.17, 15) is 4.79 Å². The summed E-state index contributed by atoms with van der Waals surface area (Å²) in [6.45, 7) is 3.88. The minimum atomic E-state index is -0.294. The third-order valence-corrected chi connectivity index (χ3v) is 3.96. The van der Waals surface area contributed by atoms with Gasteiger partial charge in [0.25, 0.3) is 5.91 Å². The van der Waals surface area contributed by atoms with Crippen molar-refractivity contribution in [2.45, 2.75) is 13.8 Å². The lowest BCUT2D eigenvalue weighted by molar-refractivity contribution is 0.102. The van der Waals surface area contributed by atoms with Crippen LogP contribution in [0.1, 0.15) is 21.1 Å². The van der Waals surface area contributed by atoms with Crippen molar-refractivity contribution in [1.82, 2.24) is 15.2 Å². The van der Waals surface area contributed by atoms with Gasteiger partial charge in [0, 0.05) is 10.3 Å². The van der Waals surface area contributed by atoms with Gasteiger partial charge >= 0.3 is 0 Å². The highest BCUT2D eigenvalue weighted by Crippen LogP contribution is 2.21. The molecule has 0 saturated heterocycles. The fraction of sp³-hybridized carbons (Fsp3) is 0.143. The molecule has 0 aliphatic heterocycles. The first-order chi connectivity index (χ1) is 9.63. The Balaban J connectivity index is 1.88. The Labute approximate surface area is 119 Å². The maximum absolute atomic E-state index is 12.1. The van der Waals surface area contributed by atoms with Crippen LogP contribution in [-0.2, 0) is 0 Å². The number of nitrogens with one attached hydrogen (secondary N) is 1. The van der Waals surface area contributed by atoms with Crippen LogP contribution in [0.2, 0.25) is 0 Å². The van der Waals surface area contributed by atoms with Crippen LogP contribution in [0.25, 0.3) is 10.9 Å². The van der Waals surface area contributed by atoms with Gasteiger partial charge in [-0.05, 0) is 26.0 Å². The van der Waals surface area contributed by atoms with Gasteiger partial charge in [0.1, 0.15) is 0 Å². The van der Waals surface area contributed by atoms with E-state index < -0.39 is 0 Å². The molecule has 3 aromatic rings. The largest absolute Gasteiger partial charge is 0.296 e. The molecule has 2 aromatic heterocycles. The number of hydrogen-bond donors (Lipinski definition) is 1. The Hall–Kier alpha value is -2.34. The van der Waals surface area contributed by atoms with E-state index in [0.717, 1.165) is 21.5 Å². The number of hydrogen-bond acceptors (Lipinski definition) is 5. The summed E-state index contributed by atoms with van der Waals surface area (Å²) in [7, 11) is 0. The van der Waals surface area contributed by atoms with Crippen LogP contribution >= 0.6 is 11.3 Å². The third kappa shape index (κ3) is 2.37. The number of fused-ring (bicyclic) bond motifs is 1. The molecular formula is C14H12N4OS. The molecule has 0 aliphatic carbocycles. The molecule has 0 aliphatic rings. The third-order valence-electron chi connectivity index (χ3n) is 2.98. The fourth-order valence-electron chi connectivity index (χ4n) is 1.78. The summed E-state index contributed by atoms with van der Waals surface area (Å²) in [6, 6.07) is 9.28. The van der Waals surface area contributed by atoms with Gasteiger partial charge in [-0.3, -0.25) is 10.1 Å². The van der Waals surface area contributed by atoms with Gasteiger partial charge in [-0.25, -0.2) is 4.98 Å². The monoisotopic (exact) mass is 284 g/mol. The van der Waals surface area contributed by atoms with Crippen LogP contribution in [0.5, 0.6) is 0 Å². The molecule has 100 valence electrons. The zero-order valence-corrected chi connectivity index (χ0v) is 11.9. The fourth-order valence-corrected chi connectivity index (χ4v) is 2.59. The molecule has 3 rings (SSSR count). The average Bonchev–Trinajstić information content (AvgIpc) is 2.76. The molecule has 0 atom stereocenters. The highest BCUT2D eigenvalue weighted by molar-refractivity contribution is 7.15. The lowest BCUT2D eigenvalue weighted by Gasteiger charge is -2.01. The standard InChI is InChI=1S/C14H12N4OS/c1-8-9(2)20-14(15-8)16-13(19)12-7-10-5-3-4-6-11(10)17-18-12/h3-7H,1-2H3,(H,15,16,19). The van der Waals surface area contributed by atoms with Gasteiger partial charge in [0.2, 0.25) is 0 Å². The van der Waals surface area contributed by atoms with Crippen LogP contribution < -0.4 is 5.32 Å². The van der Waals surface area contributed by atoms with Gasteiger partial charge in [-0.2, -0.15) is 0 Å². The van der Waals surface area contributed by atoms with Crippen molar-refractivity contribution in [1.29, 1.82) is 0 Å². The van der Waals surface area contributed by atoms with Gasteiger partial charge in [-0.1, -0.05) is 18.2 Å². The number of amides is 1. The van der Waals surface area contributed by atoms with E-state index in [-0.39, 0.29) is 11.6 Å². The Morgan fingerprint density at radius 3 is 2.75 bits per heavy atom. The first-order valence-electron chi connectivity index (χ1n) is 6.11. The second-order valence-corrected chi connectivity index (χ2v) is 5.61. The molecule has 20 heavy (non-hydrogen) atoms. The molecule has 1 amide bonds. The predicted molar refractivity (Wildman–Crippen MR) is 79.1 cm³/mol. The quantitative estimate of drug-likeness (QED) is 0.785. The van der Waals surface area contributed by atoms with E-state index in [0.29, 0.717) is 5.13 Å². The minimum absolute atomic E-state index is 0.286. The van der Waals surface area contributed by atoms with Crippen molar-refractivity contribution in [3.05, 3.63) is 46.6 Å². The summed E-state index contributed by atoms with van der Waals surface area (Å²) in [6.07, 6.45) is 0. The van der Waals surface area contributed by atoms with E-state index in [4.69, 9.17) is 0 Å². The van der Waals surface area contributed by atoms with Crippen LogP contribution in [0.4, 0.5) is 5.13 Å². The van der Waals surface area contributed by atoms with E-state index in [2.05, 4.69) is 20.5 Å². The lowest BCUT2D eigenvalue weighted by Crippen LogP contribution is -2.14. The van der Waals surface area contributed by atoms with Gasteiger partial charge in [0.15, 0.2) is 10.8 Å². The second kappa shape index (κ2) is 4.97. The molecular weight excluding hydrogens is 272 g/mol. The van der Waals surface area contributed by atoms with Crippen molar-refractivity contribution < 1.29 is 4.79 Å². The molecule has 1 aromatic carbocycles.